The number of morpholine rings is 1. The van der Waals surface area contributed by atoms with E-state index in [1.54, 1.807) is 24.3 Å². The highest BCUT2D eigenvalue weighted by molar-refractivity contribution is 6.28. The fourth-order valence-corrected chi connectivity index (χ4v) is 6.63. The van der Waals surface area contributed by atoms with Crippen molar-refractivity contribution in [3.8, 4) is 22.5 Å². The lowest BCUT2D eigenvalue weighted by Gasteiger charge is -2.32. The highest BCUT2D eigenvalue weighted by atomic mass is 35.5. The minimum atomic E-state index is -0.941. The summed E-state index contributed by atoms with van der Waals surface area (Å²) in [5, 5.41) is 6.89. The summed E-state index contributed by atoms with van der Waals surface area (Å²) in [5.74, 6) is 0.813. The fourth-order valence-electron chi connectivity index (χ4n) is 6.50. The van der Waals surface area contributed by atoms with Gasteiger partial charge in [0.05, 0.1) is 24.9 Å². The third kappa shape index (κ3) is 7.54. The molecular formula is C35H41ClN8O3. The summed E-state index contributed by atoms with van der Waals surface area (Å²) >= 11 is 5.91. The Morgan fingerprint density at radius 2 is 1.81 bits per heavy atom. The van der Waals surface area contributed by atoms with Gasteiger partial charge in [-0.2, -0.15) is 10.1 Å². The van der Waals surface area contributed by atoms with Gasteiger partial charge in [0, 0.05) is 36.3 Å². The van der Waals surface area contributed by atoms with Gasteiger partial charge in [-0.1, -0.05) is 24.3 Å². The molecule has 3 heterocycles. The number of carbonyl (C=O) groups excluding carboxylic acids is 2. The van der Waals surface area contributed by atoms with Crippen molar-refractivity contribution >= 4 is 34.9 Å². The first-order valence-corrected chi connectivity index (χ1v) is 16.6. The number of hydrogen-bond donors (Lipinski definition) is 3. The smallest absolute Gasteiger partial charge is 0.251 e. The molecule has 2 fully saturated rings. The molecule has 0 unspecified atom stereocenters. The van der Waals surface area contributed by atoms with Gasteiger partial charge in [-0.3, -0.25) is 9.59 Å². The van der Waals surface area contributed by atoms with E-state index in [1.807, 2.05) is 30.5 Å². The predicted octanol–water partition coefficient (Wildman–Crippen LogP) is 4.53. The molecule has 1 aliphatic heterocycles. The van der Waals surface area contributed by atoms with Crippen LogP contribution in [-0.4, -0.2) is 70.9 Å². The normalized spacial score (nSPS) is 18.9. The molecule has 2 amide bonds. The first kappa shape index (κ1) is 32.8. The van der Waals surface area contributed by atoms with Crippen molar-refractivity contribution < 1.29 is 14.3 Å². The standard InChI is InChI=1S/C35H41ClN8O3/c1-22-17-31(43-13-15-47-16-14-43)39-21-29(22)27-4-2-3-24(18-27)19-30(38)34(46)44(33(45)26-7-5-23(20-37)6-8-26)28-11-9-25(10-12-28)32-40-35(36)42-41-32/h2-4,9-12,17-18,21,23,26,30H,5-8,13-16,19-20,37-38H2,1H3,(H,40,41,42)/t23?,26?,30-/m0/s1. The largest absolute Gasteiger partial charge is 0.378 e. The van der Waals surface area contributed by atoms with E-state index >= 15 is 0 Å². The maximum atomic E-state index is 14.1. The molecule has 0 bridgehead atoms. The Hall–Kier alpha value is -4.16. The van der Waals surface area contributed by atoms with E-state index in [9.17, 15) is 9.59 Å². The van der Waals surface area contributed by atoms with Crippen LogP contribution in [0.15, 0.2) is 60.8 Å². The molecule has 47 heavy (non-hydrogen) atoms. The fraction of sp³-hybridized carbons (Fsp3) is 0.400. The summed E-state index contributed by atoms with van der Waals surface area (Å²) in [6.07, 6.45) is 5.27. The number of nitrogens with zero attached hydrogens (tertiary/aromatic N) is 5. The van der Waals surface area contributed by atoms with E-state index in [0.29, 0.717) is 55.6 Å². The van der Waals surface area contributed by atoms with Crippen LogP contribution in [0.3, 0.4) is 0 Å². The number of halogens is 1. The van der Waals surface area contributed by atoms with Crippen molar-refractivity contribution in [3.05, 3.63) is 77.2 Å². The van der Waals surface area contributed by atoms with Crippen LogP contribution in [0.2, 0.25) is 5.28 Å². The van der Waals surface area contributed by atoms with Gasteiger partial charge in [0.2, 0.25) is 11.2 Å². The molecule has 4 aromatic rings. The summed E-state index contributed by atoms with van der Waals surface area (Å²) < 4.78 is 5.48. The van der Waals surface area contributed by atoms with Crippen LogP contribution in [0.4, 0.5) is 11.5 Å². The molecule has 1 atom stereocenters. The number of H-pyrrole nitrogens is 1. The van der Waals surface area contributed by atoms with Gasteiger partial charge in [-0.15, -0.1) is 0 Å². The van der Waals surface area contributed by atoms with Crippen molar-refractivity contribution in [3.63, 3.8) is 0 Å². The van der Waals surface area contributed by atoms with E-state index in [-0.39, 0.29) is 23.5 Å². The molecule has 1 saturated carbocycles. The Balaban J connectivity index is 1.22. The molecule has 1 aliphatic carbocycles. The molecule has 6 rings (SSSR count). The summed E-state index contributed by atoms with van der Waals surface area (Å²) in [5.41, 5.74) is 17.7. The number of ether oxygens (including phenoxy) is 1. The zero-order valence-corrected chi connectivity index (χ0v) is 27.3. The Labute approximate surface area is 279 Å². The minimum absolute atomic E-state index is 0.176. The number of nitrogens with two attached hydrogens (primary N) is 2. The number of rotatable bonds is 9. The number of amides is 2. The number of aromatic nitrogens is 4. The number of aromatic amines is 1. The minimum Gasteiger partial charge on any atom is -0.378 e. The van der Waals surface area contributed by atoms with E-state index in [1.165, 1.54) is 4.90 Å². The number of pyridine rings is 1. The van der Waals surface area contributed by atoms with Crippen LogP contribution in [0.5, 0.6) is 0 Å². The first-order chi connectivity index (χ1) is 22.8. The van der Waals surface area contributed by atoms with Crippen molar-refractivity contribution in [2.24, 2.45) is 23.3 Å². The molecule has 12 heteroatoms. The van der Waals surface area contributed by atoms with Crippen molar-refractivity contribution in [1.82, 2.24) is 20.2 Å². The Kier molecular flexibility index (Phi) is 10.3. The van der Waals surface area contributed by atoms with Crippen molar-refractivity contribution in [2.75, 3.05) is 42.6 Å². The van der Waals surface area contributed by atoms with E-state index in [2.05, 4.69) is 33.1 Å². The van der Waals surface area contributed by atoms with Gasteiger partial charge in [-0.05, 0) is 110 Å². The van der Waals surface area contributed by atoms with Crippen molar-refractivity contribution in [2.45, 2.75) is 45.1 Å². The zero-order valence-electron chi connectivity index (χ0n) is 26.6. The molecule has 246 valence electrons. The lowest BCUT2D eigenvalue weighted by Crippen LogP contribution is -2.50. The summed E-state index contributed by atoms with van der Waals surface area (Å²) in [4.78, 5) is 40.5. The van der Waals surface area contributed by atoms with Gasteiger partial charge >= 0.3 is 0 Å². The molecule has 2 aromatic heterocycles. The number of benzene rings is 2. The number of hydrogen-bond acceptors (Lipinski definition) is 9. The van der Waals surface area contributed by atoms with Gasteiger partial charge in [0.1, 0.15) is 5.82 Å². The summed E-state index contributed by atoms with van der Waals surface area (Å²) in [6.45, 7) is 5.73. The number of imide groups is 1. The van der Waals surface area contributed by atoms with Gasteiger partial charge in [-0.25, -0.2) is 15.0 Å². The van der Waals surface area contributed by atoms with Gasteiger partial charge in [0.15, 0.2) is 5.82 Å². The van der Waals surface area contributed by atoms with E-state index < -0.39 is 11.9 Å². The van der Waals surface area contributed by atoms with Crippen molar-refractivity contribution in [1.29, 1.82) is 0 Å². The van der Waals surface area contributed by atoms with Gasteiger partial charge in [0.25, 0.3) is 5.91 Å². The van der Waals surface area contributed by atoms with E-state index in [0.717, 1.165) is 54.0 Å². The average Bonchev–Trinajstić information content (AvgIpc) is 3.55. The third-order valence-electron chi connectivity index (χ3n) is 9.25. The number of carbonyl (C=O) groups is 2. The number of aryl methyl sites for hydroxylation is 1. The van der Waals surface area contributed by atoms with Crippen LogP contribution >= 0.6 is 11.6 Å². The maximum Gasteiger partial charge on any atom is 0.251 e. The molecule has 2 aliphatic rings. The second-order valence-electron chi connectivity index (χ2n) is 12.4. The maximum absolute atomic E-state index is 14.1. The Morgan fingerprint density at radius 1 is 1.06 bits per heavy atom. The van der Waals surface area contributed by atoms with Gasteiger partial charge < -0.3 is 21.1 Å². The quantitative estimate of drug-likeness (QED) is 0.236. The molecule has 0 spiro atoms. The third-order valence-corrected chi connectivity index (χ3v) is 9.42. The summed E-state index contributed by atoms with van der Waals surface area (Å²) in [6, 6.07) is 16.2. The highest BCUT2D eigenvalue weighted by Gasteiger charge is 2.35. The monoisotopic (exact) mass is 656 g/mol. The SMILES string of the molecule is Cc1cc(N2CCOCC2)ncc1-c1cccc(C[C@H](N)C(=O)N(C(=O)C2CCC(CN)CC2)c2ccc(-c3n[nH]c(Cl)n3)cc2)c1. The molecular weight excluding hydrogens is 616 g/mol. The average molecular weight is 657 g/mol. The predicted molar refractivity (Wildman–Crippen MR) is 183 cm³/mol. The second-order valence-corrected chi connectivity index (χ2v) is 12.8. The molecule has 0 radical (unpaired) electrons. The Morgan fingerprint density at radius 3 is 2.47 bits per heavy atom. The number of nitrogens with one attached hydrogen (secondary N) is 1. The molecule has 2 aromatic carbocycles. The Bertz CT molecular complexity index is 1700. The van der Waals surface area contributed by atoms with E-state index in [4.69, 9.17) is 32.8 Å². The van der Waals surface area contributed by atoms with Crippen LogP contribution in [0.25, 0.3) is 22.5 Å². The van der Waals surface area contributed by atoms with Crippen LogP contribution < -0.4 is 21.3 Å². The highest BCUT2D eigenvalue weighted by Crippen LogP contribution is 2.32. The topological polar surface area (TPSA) is 156 Å². The lowest BCUT2D eigenvalue weighted by atomic mass is 9.81. The zero-order chi connectivity index (χ0) is 32.9. The second kappa shape index (κ2) is 14.7. The van der Waals surface area contributed by atoms with Crippen LogP contribution in [-0.2, 0) is 20.7 Å². The molecule has 11 nitrogen and oxygen atoms in total. The molecule has 5 N–H and O–H groups in total. The van der Waals surface area contributed by atoms with Crippen LogP contribution in [0, 0.1) is 18.8 Å². The first-order valence-electron chi connectivity index (χ1n) is 16.2. The van der Waals surface area contributed by atoms with Crippen LogP contribution in [0.1, 0.15) is 36.8 Å². The number of anilines is 2. The summed E-state index contributed by atoms with van der Waals surface area (Å²) in [7, 11) is 0. The molecule has 1 saturated heterocycles. The lowest BCUT2D eigenvalue weighted by molar-refractivity contribution is -0.130.